The molecule has 2 heteroatoms. The van der Waals surface area contributed by atoms with E-state index >= 15 is 0 Å². The van der Waals surface area contributed by atoms with Crippen LogP contribution in [0, 0.1) is 11.8 Å². The van der Waals surface area contributed by atoms with Gasteiger partial charge in [0.25, 0.3) is 0 Å². The molecule has 0 aromatic heterocycles. The highest BCUT2D eigenvalue weighted by Gasteiger charge is 2.24. The molecular weight excluding hydrogens is 1170 g/mol. The average Bonchev–Trinajstić information content (AvgIpc) is 0.769. The molecule has 0 spiro atoms. The van der Waals surface area contributed by atoms with Crippen LogP contribution >= 0.6 is 0 Å². The zero-order chi connectivity index (χ0) is 69.8. The molecule has 0 heterocycles. The number of unbranched alkanes of at least 4 members (excludes halogenated alkanes) is 39. The Hall–Kier alpha value is -3.96. The van der Waals surface area contributed by atoms with Crippen LogP contribution in [0.2, 0.25) is 0 Å². The van der Waals surface area contributed by atoms with E-state index in [-0.39, 0.29) is 0 Å². The summed E-state index contributed by atoms with van der Waals surface area (Å²) < 4.78 is 0. The van der Waals surface area contributed by atoms with Crippen LogP contribution in [0.25, 0.3) is 0 Å². The quantitative estimate of drug-likeness (QED) is 0.0273. The van der Waals surface area contributed by atoms with Gasteiger partial charge < -0.3 is 0 Å². The van der Waals surface area contributed by atoms with Crippen molar-refractivity contribution in [2.24, 2.45) is 9.98 Å². The summed E-state index contributed by atoms with van der Waals surface area (Å²) >= 11 is 0. The van der Waals surface area contributed by atoms with Crippen LogP contribution < -0.4 is 0 Å². The normalized spacial score (nSPS) is 12.4. The Labute approximate surface area is 606 Å². The minimum atomic E-state index is 0.788. The summed E-state index contributed by atoms with van der Waals surface area (Å²) in [5.41, 5.74) is 15.2. The van der Waals surface area contributed by atoms with Crippen LogP contribution in [0.15, 0.2) is 88.9 Å². The lowest BCUT2D eigenvalue weighted by Crippen LogP contribution is -2.14. The van der Waals surface area contributed by atoms with Crippen LogP contribution in [0.3, 0.4) is 0 Å². The van der Waals surface area contributed by atoms with Gasteiger partial charge in [-0.3, -0.25) is 4.99 Å². The molecule has 2 aromatic carbocycles. The second kappa shape index (κ2) is 67.8. The molecule has 0 unspecified atom stereocenters. The molecule has 97 heavy (non-hydrogen) atoms. The Morgan fingerprint density at radius 1 is 0.278 bits per heavy atom. The van der Waals surface area contributed by atoms with Gasteiger partial charge in [0.15, 0.2) is 0 Å². The summed E-state index contributed by atoms with van der Waals surface area (Å²) in [6, 6.07) is 7.23. The van der Waals surface area contributed by atoms with E-state index in [1.807, 2.05) is 0 Å². The fraction of sp³-hybridized carbons (Fsp3) is 0.726. The lowest BCUT2D eigenvalue weighted by molar-refractivity contribution is 0.533. The first-order chi connectivity index (χ1) is 48.0. The molecule has 0 radical (unpaired) electrons. The van der Waals surface area contributed by atoms with Gasteiger partial charge >= 0.3 is 0 Å². The number of rotatable bonds is 67. The first-order valence-electron chi connectivity index (χ1n) is 43.2. The monoisotopic (exact) mass is 1330 g/mol. The van der Waals surface area contributed by atoms with Crippen molar-refractivity contribution >= 4 is 22.8 Å². The average molecular weight is 1330 g/mol. The van der Waals surface area contributed by atoms with Gasteiger partial charge in [-0.2, -0.15) is 0 Å². The lowest BCUT2D eigenvalue weighted by atomic mass is 9.81. The molecule has 0 N–H and O–H groups in total. The Morgan fingerprint density at radius 2 is 0.567 bits per heavy atom. The van der Waals surface area contributed by atoms with Crippen molar-refractivity contribution in [1.29, 1.82) is 0 Å². The molecule has 2 aromatic rings. The topological polar surface area (TPSA) is 24.7 Å². The van der Waals surface area contributed by atoms with E-state index < -0.39 is 0 Å². The Morgan fingerprint density at radius 3 is 0.918 bits per heavy atom. The van der Waals surface area contributed by atoms with Crippen molar-refractivity contribution in [1.82, 2.24) is 0 Å². The van der Waals surface area contributed by atoms with Crippen molar-refractivity contribution in [3.63, 3.8) is 0 Å². The van der Waals surface area contributed by atoms with E-state index in [1.54, 1.807) is 16.7 Å². The summed E-state index contributed by atoms with van der Waals surface area (Å²) in [5.74, 6) is 7.80. The number of benzene rings is 2. The van der Waals surface area contributed by atoms with E-state index in [0.29, 0.717) is 0 Å². The highest BCUT2D eigenvalue weighted by atomic mass is 14.8. The molecule has 0 fully saturated rings. The summed E-state index contributed by atoms with van der Waals surface area (Å²) in [6.07, 6.45) is 100. The van der Waals surface area contributed by atoms with Crippen molar-refractivity contribution in [3.8, 4) is 11.8 Å². The maximum atomic E-state index is 6.28. The number of aliphatic imine (C=N–C) groups is 2. The zero-order valence-electron chi connectivity index (χ0n) is 66.3. The lowest BCUT2D eigenvalue weighted by Gasteiger charge is -2.26. The van der Waals surface area contributed by atoms with Crippen molar-refractivity contribution < 1.29 is 0 Å². The number of nitrogens with zero attached hydrogens (tertiary/aromatic N) is 2. The molecule has 0 amide bonds. The van der Waals surface area contributed by atoms with Gasteiger partial charge in [-0.1, -0.05) is 347 Å². The van der Waals surface area contributed by atoms with Gasteiger partial charge in [0, 0.05) is 6.42 Å². The second-order valence-electron chi connectivity index (χ2n) is 29.3. The van der Waals surface area contributed by atoms with Crippen LogP contribution in [-0.2, 0) is 44.9 Å². The van der Waals surface area contributed by atoms with E-state index in [2.05, 4.69) is 153 Å². The molecule has 2 rings (SSSR count). The van der Waals surface area contributed by atoms with E-state index in [1.165, 1.54) is 317 Å². The van der Waals surface area contributed by atoms with Gasteiger partial charge in [-0.15, -0.1) is 0 Å². The van der Waals surface area contributed by atoms with Crippen LogP contribution in [0.5, 0.6) is 0 Å². The summed E-state index contributed by atoms with van der Waals surface area (Å²) in [7, 11) is 0. The summed E-state index contributed by atoms with van der Waals surface area (Å²) in [6.45, 7) is 21.0. The fourth-order valence-electron chi connectivity index (χ4n) is 14.1. The third-order valence-electron chi connectivity index (χ3n) is 20.3. The predicted molar refractivity (Wildman–Crippen MR) is 442 cm³/mol. The Kier molecular flexibility index (Phi) is 62.3. The summed E-state index contributed by atoms with van der Waals surface area (Å²) in [5, 5.41) is 0. The van der Waals surface area contributed by atoms with Gasteiger partial charge in [-0.25, -0.2) is 4.99 Å². The van der Waals surface area contributed by atoms with Gasteiger partial charge in [0.2, 0.25) is 0 Å². The molecule has 0 saturated carbocycles. The third kappa shape index (κ3) is 47.0. The number of hydrogen-bond donors (Lipinski definition) is 0. The standard InChI is InChI=1S/C95H160N2/c1-10-19-27-33-39-45-46-47-48-49-50-51-52-53-59-65-73-81-94(93(18-9)96-87-83-82-85(74-66-25-16-7)86(84-87)75-67-26-17-8)97-95-91(79-71-63-57-43-37-31-23-14-5)89(77-69-61-55-41-35-29-21-12-3)88(76-68-60-54-40-34-28-20-11-2)90(78-70-62-56-42-36-30-22-13-4)92(95)80-72-64-58-44-38-32-24-15-6/h54-58,60-64,82-84H,10-53,59,65-72,74-80H2,1-9H3/b60-54+,61-55+,62-56+,63-57+,64-58+,96-93?,97-94?. The SMILES string of the molecule is CCCCCC/C=C/CCc1c(CC/C=C/CCCCCC)c(CC/C=C/CCCCCC)c(N=C(C#CCCCCCCCCCCCCCCCCC)C(CC)=Nc2ccc(CCCCC)c(CCCCC)c2)c(CC/C=C/CCCCCC)c1CC/C=C/CCCCCC. The third-order valence-corrected chi connectivity index (χ3v) is 20.3. The van der Waals surface area contributed by atoms with E-state index in [4.69, 9.17) is 9.98 Å². The maximum Gasteiger partial charge on any atom is 0.135 e. The number of hydrogen-bond acceptors (Lipinski definition) is 2. The van der Waals surface area contributed by atoms with Crippen molar-refractivity contribution in [2.45, 2.75) is 448 Å². The molecule has 0 aliphatic carbocycles. The van der Waals surface area contributed by atoms with E-state index in [9.17, 15) is 0 Å². The fourth-order valence-corrected chi connectivity index (χ4v) is 14.1. The van der Waals surface area contributed by atoms with Crippen LogP contribution in [0.1, 0.15) is 442 Å². The van der Waals surface area contributed by atoms with Crippen LogP contribution in [0.4, 0.5) is 11.4 Å². The van der Waals surface area contributed by atoms with E-state index in [0.717, 1.165) is 113 Å². The first-order valence-corrected chi connectivity index (χ1v) is 43.2. The molecule has 0 saturated heterocycles. The second-order valence-corrected chi connectivity index (χ2v) is 29.3. The highest BCUT2D eigenvalue weighted by molar-refractivity contribution is 6.49. The molecular formula is C95H160N2. The molecule has 0 atom stereocenters. The molecule has 0 aliphatic heterocycles. The van der Waals surface area contributed by atoms with Gasteiger partial charge in [0.1, 0.15) is 5.71 Å². The minimum absolute atomic E-state index is 0.788. The predicted octanol–water partition coefficient (Wildman–Crippen LogP) is 32.0. The van der Waals surface area contributed by atoms with Crippen molar-refractivity contribution in [2.75, 3.05) is 0 Å². The molecule has 2 nitrogen and oxygen atoms in total. The highest BCUT2D eigenvalue weighted by Crippen LogP contribution is 2.40. The maximum absolute atomic E-state index is 6.28. The Balaban J connectivity index is 3.18. The number of allylic oxidation sites excluding steroid dienone is 10. The minimum Gasteiger partial charge on any atom is -0.251 e. The van der Waals surface area contributed by atoms with Gasteiger partial charge in [-0.05, 0) is 224 Å². The first kappa shape index (κ1) is 89.1. The smallest absolute Gasteiger partial charge is 0.135 e. The number of aryl methyl sites for hydroxylation is 2. The molecule has 0 bridgehead atoms. The Bertz CT molecular complexity index is 2340. The van der Waals surface area contributed by atoms with Gasteiger partial charge in [0.05, 0.1) is 17.1 Å². The van der Waals surface area contributed by atoms with Crippen molar-refractivity contribution in [3.05, 3.63) is 118 Å². The molecule has 0 aliphatic rings. The van der Waals surface area contributed by atoms with Crippen LogP contribution in [-0.4, -0.2) is 11.4 Å². The largest absolute Gasteiger partial charge is 0.251 e. The molecule has 550 valence electrons. The summed E-state index contributed by atoms with van der Waals surface area (Å²) in [4.78, 5) is 12.0. The zero-order valence-corrected chi connectivity index (χ0v) is 66.3.